The van der Waals surface area contributed by atoms with Gasteiger partial charge in [0.15, 0.2) is 7.14 Å². The maximum absolute atomic E-state index is 15.5. The van der Waals surface area contributed by atoms with Crippen molar-refractivity contribution in [3.63, 3.8) is 0 Å². The predicted octanol–water partition coefficient (Wildman–Crippen LogP) is 31.2. The summed E-state index contributed by atoms with van der Waals surface area (Å²) in [5.41, 5.74) is 35.5. The number of hydrogen-bond acceptors (Lipinski definition) is 4. The molecule has 0 radical (unpaired) electrons. The molecule has 3 heterocycles. The molecule has 0 bridgehead atoms. The van der Waals surface area contributed by atoms with Crippen LogP contribution in [0, 0.1) is 0 Å². The van der Waals surface area contributed by atoms with Gasteiger partial charge < -0.3 is 17.8 Å². The van der Waals surface area contributed by atoms with Crippen LogP contribution in [0.5, 0.6) is 0 Å². The summed E-state index contributed by atoms with van der Waals surface area (Å²) in [6, 6.07) is 175. The van der Waals surface area contributed by atoms with Crippen LogP contribution in [-0.2, 0) is 20.8 Å². The van der Waals surface area contributed by atoms with Gasteiger partial charge in [-0.2, -0.15) is 0 Å². The number of para-hydroxylation sites is 3. The summed E-state index contributed by atoms with van der Waals surface area (Å²) in [5.74, 6) is 0. The van der Waals surface area contributed by atoms with E-state index in [2.05, 4.69) is 398 Å². The quantitative estimate of drug-likeness (QED) is 0.142. The molecule has 138 heavy (non-hydrogen) atoms. The maximum Gasteiger partial charge on any atom is 0.171 e. The van der Waals surface area contributed by atoms with Gasteiger partial charge in [-0.25, -0.2) is 0 Å². The van der Waals surface area contributed by atoms with Gasteiger partial charge in [0.2, 0.25) is 0 Å². The van der Waals surface area contributed by atoms with Crippen molar-refractivity contribution >= 4 is 158 Å². The van der Waals surface area contributed by atoms with Gasteiger partial charge in [-0.1, -0.05) is 458 Å². The van der Waals surface area contributed by atoms with Crippen molar-refractivity contribution in [2.75, 3.05) is 0 Å². The molecule has 3 atom stereocenters. The smallest absolute Gasteiger partial charge is 0.171 e. The molecule has 0 saturated carbocycles. The second-order valence-corrected chi connectivity index (χ2v) is 44.8. The summed E-state index contributed by atoms with van der Waals surface area (Å²) in [7, 11) is -4.58. The molecule has 3 unspecified atom stereocenters. The van der Waals surface area contributed by atoms with E-state index in [1.165, 1.54) is 176 Å². The fraction of sp³-hybridized carbons (Fsp3) is 0.0233. The molecule has 650 valence electrons. The zero-order valence-corrected chi connectivity index (χ0v) is 79.5. The molecule has 24 aromatic rings. The Labute approximate surface area is 814 Å². The second kappa shape index (κ2) is 32.6. The molecule has 0 fully saturated rings. The zero-order chi connectivity index (χ0) is 91.5. The second-order valence-electron chi connectivity index (χ2n) is 36.3. The summed E-state index contributed by atoms with van der Waals surface area (Å²) in [5, 5.41) is 16.1. The molecule has 0 saturated heterocycles. The van der Waals surface area contributed by atoms with Gasteiger partial charge in [0.1, 0.15) is 33.5 Å². The van der Waals surface area contributed by atoms with Gasteiger partial charge in [0.25, 0.3) is 0 Å². The van der Waals surface area contributed by atoms with Crippen molar-refractivity contribution < 1.29 is 17.8 Å². The normalized spacial score (nSPS) is 15.7. The Morgan fingerprint density at radius 3 is 0.848 bits per heavy atom. The van der Waals surface area contributed by atoms with E-state index in [1.54, 1.807) is 0 Å². The van der Waals surface area contributed by atoms with E-state index < -0.39 is 33.2 Å². The summed E-state index contributed by atoms with van der Waals surface area (Å²) in [6.07, 6.45) is 0. The van der Waals surface area contributed by atoms with E-state index in [-0.39, 0.29) is 5.41 Å². The standard InChI is InChI=1S/C43H27O2P.C43H27OP.C31H17BrO.C12H10ClP/c44-46(28-13-3-1-4-14-28,29-15-5-2-6-16-29)30-23-24-37-34(27-30)31-17-7-10-20-35(31)43(37)36-21-11-8-18-32(36)41-38(43)25-26-40-42(41)33-19-9-12-22-39(33)45-40;1-3-13-28(14-4-1)45(29-15-5-2-6-16-29)30-23-24-37-34(27-30)31-17-7-10-20-35(31)43(37)36-21-11-8-18-32(36)41-38(43)25-26-40-42(41)33-19-9-12-22-39(33)44-40;32-18-13-14-25-22(17-18)19-7-1-4-10-23(19)31(25)24-11-5-2-8-20(24)29-26(31)15-16-28-30(29)21-9-3-6-12-27(21)33-28;13-14(11-7-3-1-4-8-11)12-9-5-2-6-10-12/h1-27H;1-27H;1-17H;1-10H. The van der Waals surface area contributed by atoms with E-state index >= 15 is 4.57 Å². The van der Waals surface area contributed by atoms with Crippen LogP contribution >= 0.6 is 49.5 Å². The van der Waals surface area contributed by atoms with E-state index in [9.17, 15) is 0 Å². The van der Waals surface area contributed by atoms with Crippen LogP contribution in [0.3, 0.4) is 0 Å². The van der Waals surface area contributed by atoms with Crippen LogP contribution in [0.2, 0.25) is 0 Å². The molecule has 0 amide bonds. The molecular formula is C129H81BrClO4P3. The fourth-order valence-corrected chi connectivity index (χ4v) is 31.4. The minimum atomic E-state index is -3.16. The first-order valence-corrected chi connectivity index (χ1v) is 53.0. The molecule has 21 aromatic carbocycles. The van der Waals surface area contributed by atoms with Crippen molar-refractivity contribution in [2.24, 2.45) is 0 Å². The Hall–Kier alpha value is -15.1. The van der Waals surface area contributed by atoms with Crippen molar-refractivity contribution in [3.8, 4) is 66.8 Å². The van der Waals surface area contributed by atoms with Gasteiger partial charge in [-0.3, -0.25) is 0 Å². The third-order valence-corrected chi connectivity index (χ3v) is 38.2. The highest BCUT2D eigenvalue weighted by atomic mass is 79.9. The third-order valence-electron chi connectivity index (χ3n) is 29.6. The lowest BCUT2D eigenvalue weighted by Crippen LogP contribution is -2.27. The first-order chi connectivity index (χ1) is 68.2. The van der Waals surface area contributed by atoms with Gasteiger partial charge in [0.05, 0.1) is 23.5 Å². The Morgan fingerprint density at radius 1 is 0.210 bits per heavy atom. The predicted molar refractivity (Wildman–Crippen MR) is 581 cm³/mol. The Bertz CT molecular complexity index is 9010. The van der Waals surface area contributed by atoms with Crippen LogP contribution in [0.15, 0.2) is 509 Å². The third kappa shape index (κ3) is 12.0. The lowest BCUT2D eigenvalue weighted by Gasteiger charge is -2.30. The highest BCUT2D eigenvalue weighted by Gasteiger charge is 2.56. The minimum absolute atomic E-state index is 0.328. The van der Waals surface area contributed by atoms with E-state index in [0.717, 1.165) is 70.2 Å². The molecule has 6 aliphatic carbocycles. The lowest BCUT2D eigenvalue weighted by atomic mass is 9.70. The van der Waals surface area contributed by atoms with E-state index in [0.29, 0.717) is 0 Å². The first-order valence-electron chi connectivity index (χ1n) is 46.9. The number of furan rings is 3. The average molecular weight is 1900 g/mol. The molecule has 6 aliphatic rings. The summed E-state index contributed by atoms with van der Waals surface area (Å²) >= 11 is 10.1. The van der Waals surface area contributed by atoms with Crippen molar-refractivity contribution in [1.29, 1.82) is 0 Å². The monoisotopic (exact) mass is 1900 g/mol. The van der Waals surface area contributed by atoms with Crippen LogP contribution in [-0.4, -0.2) is 0 Å². The molecule has 0 aliphatic heterocycles. The molecule has 9 heteroatoms. The largest absolute Gasteiger partial charge is 0.456 e. The lowest BCUT2D eigenvalue weighted by molar-refractivity contribution is 0.592. The van der Waals surface area contributed by atoms with Gasteiger partial charge >= 0.3 is 0 Å². The topological polar surface area (TPSA) is 56.5 Å². The SMILES string of the molecule is Brc1ccc2c(c1)-c1ccccc1C21c2ccccc2-c2c1ccc1oc3ccccc3c21.ClP(c1ccccc1)c1ccccc1.O=P(c1ccccc1)(c1ccccc1)c1ccc2c(c1)-c1ccccc1C21c2ccccc2-c2c1ccc1oc3ccccc3c21.c1ccc(P(c2ccccc2)c2ccc3c(c2)-c2ccccc2C32c3ccccc3-c3c2ccc2oc4ccccc4c32)cc1. The number of rotatable bonds is 8. The highest BCUT2D eigenvalue weighted by molar-refractivity contribution is 9.10. The number of halogens is 2. The van der Waals surface area contributed by atoms with Crippen LogP contribution in [0.4, 0.5) is 0 Å². The summed E-state index contributed by atoms with van der Waals surface area (Å²) < 4.78 is 35.7. The van der Waals surface area contributed by atoms with Crippen molar-refractivity contribution in [2.45, 2.75) is 16.2 Å². The Morgan fingerprint density at radius 2 is 0.478 bits per heavy atom. The Kier molecular flexibility index (Phi) is 19.4. The fourth-order valence-electron chi connectivity index (χ4n) is 24.2. The Balaban J connectivity index is 0.0000000984. The van der Waals surface area contributed by atoms with Crippen LogP contribution in [0.25, 0.3) is 133 Å². The van der Waals surface area contributed by atoms with Crippen molar-refractivity contribution in [1.82, 2.24) is 0 Å². The van der Waals surface area contributed by atoms with Crippen molar-refractivity contribution in [3.05, 3.63) is 563 Å². The number of hydrogen-bond donors (Lipinski definition) is 0. The summed E-state index contributed by atoms with van der Waals surface area (Å²) in [6.45, 7) is 0. The minimum Gasteiger partial charge on any atom is -0.456 e. The molecule has 4 nitrogen and oxygen atoms in total. The first kappa shape index (κ1) is 82.4. The maximum atomic E-state index is 15.5. The van der Waals surface area contributed by atoms with Gasteiger partial charge in [0, 0.05) is 52.7 Å². The van der Waals surface area contributed by atoms with E-state index in [1.807, 2.05) is 109 Å². The zero-order valence-electron chi connectivity index (χ0n) is 74.5. The summed E-state index contributed by atoms with van der Waals surface area (Å²) in [4.78, 5) is 0. The van der Waals surface area contributed by atoms with E-state index in [4.69, 9.17) is 24.5 Å². The molecular weight excluding hydrogens is 1820 g/mol. The molecule has 3 spiro atoms. The van der Waals surface area contributed by atoms with Crippen LogP contribution < -0.4 is 42.4 Å². The number of benzene rings is 21. The molecule has 30 rings (SSSR count). The van der Waals surface area contributed by atoms with Crippen LogP contribution in [0.1, 0.15) is 66.8 Å². The average Bonchev–Trinajstić information content (AvgIpc) is 1.51. The number of fused-ring (bicyclic) bond motifs is 42. The van der Waals surface area contributed by atoms with Gasteiger partial charge in [-0.15, -0.1) is 0 Å². The molecule has 0 N–H and O–H groups in total. The molecule has 3 aromatic heterocycles. The highest BCUT2D eigenvalue weighted by Crippen LogP contribution is 2.69. The van der Waals surface area contributed by atoms with Gasteiger partial charge in [-0.05, 0) is 229 Å².